The smallest absolute Gasteiger partial charge is 0.306 e. The second kappa shape index (κ2) is 11.2. The number of allylic oxidation sites excluding steroid dienone is 1. The molecular weight excluding hydrogens is 540 g/mol. The summed E-state index contributed by atoms with van der Waals surface area (Å²) in [7, 11) is 0. The Morgan fingerprint density at radius 1 is 0.837 bits per heavy atom. The van der Waals surface area contributed by atoms with Gasteiger partial charge in [0.2, 0.25) is 5.91 Å². The van der Waals surface area contributed by atoms with Gasteiger partial charge < -0.3 is 9.47 Å². The Morgan fingerprint density at radius 3 is 2.21 bits per heavy atom. The van der Waals surface area contributed by atoms with Crippen molar-refractivity contribution < 1.29 is 23.9 Å². The van der Waals surface area contributed by atoms with E-state index in [0.29, 0.717) is 36.2 Å². The lowest BCUT2D eigenvalue weighted by atomic mass is 9.32. The number of hydrazine groups is 1. The van der Waals surface area contributed by atoms with Gasteiger partial charge in [0.25, 0.3) is 0 Å². The quantitative estimate of drug-likeness (QED) is 0.109. The SMILES string of the molecule is C=C(C)[C@@H]1CC[C@]2(COC(=O)CCC(=O)NN)CC[C@]3(C)[C@H](CC[C@@H]4[C@@]5(C)CC[C@H](OC(C)=O)C(C)(C)[C@@H]5CC[C@]43C)[C@H]12. The monoisotopic (exact) mass is 598 g/mol. The molecule has 0 bridgehead atoms. The highest BCUT2D eigenvalue weighted by atomic mass is 16.5. The number of hydrogen-bond donors (Lipinski definition) is 2. The minimum Gasteiger partial charge on any atom is -0.465 e. The highest BCUT2D eigenvalue weighted by molar-refractivity contribution is 5.80. The van der Waals surface area contributed by atoms with Crippen molar-refractivity contribution in [3.63, 3.8) is 0 Å². The van der Waals surface area contributed by atoms with Gasteiger partial charge in [-0.2, -0.15) is 0 Å². The second-order valence-corrected chi connectivity index (χ2v) is 16.7. The highest BCUT2D eigenvalue weighted by Crippen LogP contribution is 2.77. The van der Waals surface area contributed by atoms with E-state index in [2.05, 4.69) is 53.5 Å². The molecule has 43 heavy (non-hydrogen) atoms. The summed E-state index contributed by atoms with van der Waals surface area (Å²) < 4.78 is 11.9. The third-order valence-corrected chi connectivity index (χ3v) is 14.7. The predicted octanol–water partition coefficient (Wildman–Crippen LogP) is 6.89. The maximum atomic E-state index is 12.7. The van der Waals surface area contributed by atoms with E-state index in [4.69, 9.17) is 15.3 Å². The van der Waals surface area contributed by atoms with Crippen molar-refractivity contribution in [1.82, 2.24) is 5.43 Å². The molecule has 1 amide bonds. The van der Waals surface area contributed by atoms with Crippen LogP contribution >= 0.6 is 0 Å². The standard InChI is InChI=1S/C36H58N2O5/c1-22(2)24-13-18-36(21-42-30(41)12-11-29(40)38-37)20-19-34(7)25(31(24)36)9-10-27-33(6)16-15-28(43-23(3)39)32(4,5)26(33)14-17-35(27,34)8/h24-28,31H,1,9-21,37H2,2-8H3,(H,38,40)/t24-,25+,26-,27+,28-,31-,33-,34+,35+,36+/m0/s1. The predicted molar refractivity (Wildman–Crippen MR) is 167 cm³/mol. The molecule has 5 aliphatic carbocycles. The fourth-order valence-corrected chi connectivity index (χ4v) is 12.5. The molecule has 3 N–H and O–H groups in total. The third-order valence-electron chi connectivity index (χ3n) is 14.7. The first-order valence-corrected chi connectivity index (χ1v) is 17.0. The van der Waals surface area contributed by atoms with Crippen molar-refractivity contribution in [3.05, 3.63) is 12.2 Å². The summed E-state index contributed by atoms with van der Waals surface area (Å²) >= 11 is 0. The molecule has 0 aromatic carbocycles. The van der Waals surface area contributed by atoms with Crippen LogP contribution in [0.15, 0.2) is 12.2 Å². The summed E-state index contributed by atoms with van der Waals surface area (Å²) in [5.41, 5.74) is 3.98. The number of nitrogens with one attached hydrogen (secondary N) is 1. The zero-order valence-corrected chi connectivity index (χ0v) is 28.0. The van der Waals surface area contributed by atoms with Gasteiger partial charge in [-0.1, -0.05) is 46.8 Å². The van der Waals surface area contributed by atoms with Crippen molar-refractivity contribution in [1.29, 1.82) is 0 Å². The summed E-state index contributed by atoms with van der Waals surface area (Å²) in [5, 5.41) is 0. The van der Waals surface area contributed by atoms with Crippen molar-refractivity contribution in [2.45, 2.75) is 132 Å². The normalized spacial score (nSPS) is 44.6. The van der Waals surface area contributed by atoms with Crippen LogP contribution < -0.4 is 11.3 Å². The summed E-state index contributed by atoms with van der Waals surface area (Å²) in [6.07, 6.45) is 11.5. The number of amides is 1. The van der Waals surface area contributed by atoms with Crippen molar-refractivity contribution >= 4 is 17.8 Å². The molecule has 0 aromatic rings. The van der Waals surface area contributed by atoms with E-state index in [9.17, 15) is 14.4 Å². The van der Waals surface area contributed by atoms with Crippen molar-refractivity contribution in [3.8, 4) is 0 Å². The van der Waals surface area contributed by atoms with Crippen LogP contribution in [-0.2, 0) is 23.9 Å². The number of rotatable bonds is 7. The average Bonchev–Trinajstić information content (AvgIpc) is 3.32. The molecule has 0 unspecified atom stereocenters. The van der Waals surface area contributed by atoms with Crippen LogP contribution in [0.5, 0.6) is 0 Å². The van der Waals surface area contributed by atoms with E-state index in [0.717, 1.165) is 38.5 Å². The Balaban J connectivity index is 1.42. The van der Waals surface area contributed by atoms with E-state index in [1.165, 1.54) is 31.3 Å². The Labute approximate surface area is 259 Å². The first kappa shape index (κ1) is 32.5. The first-order chi connectivity index (χ1) is 20.1. The lowest BCUT2D eigenvalue weighted by Crippen LogP contribution is -2.67. The van der Waals surface area contributed by atoms with E-state index in [-0.39, 0.29) is 63.9 Å². The molecule has 7 heteroatoms. The fraction of sp³-hybridized carbons (Fsp3) is 0.861. The zero-order valence-electron chi connectivity index (χ0n) is 28.0. The van der Waals surface area contributed by atoms with Gasteiger partial charge in [0, 0.05) is 24.2 Å². The van der Waals surface area contributed by atoms with Crippen LogP contribution in [0.25, 0.3) is 0 Å². The number of hydrogen-bond acceptors (Lipinski definition) is 6. The molecule has 10 atom stereocenters. The Morgan fingerprint density at radius 2 is 1.56 bits per heavy atom. The molecule has 0 aromatic heterocycles. The third kappa shape index (κ3) is 4.98. The average molecular weight is 599 g/mol. The molecule has 5 aliphatic rings. The van der Waals surface area contributed by atoms with Crippen LogP contribution in [0.4, 0.5) is 0 Å². The molecule has 0 aliphatic heterocycles. The lowest BCUT2D eigenvalue weighted by Gasteiger charge is -2.73. The van der Waals surface area contributed by atoms with Gasteiger partial charge in [-0.15, -0.1) is 0 Å². The van der Waals surface area contributed by atoms with Crippen molar-refractivity contribution in [2.24, 2.45) is 62.5 Å². The number of ether oxygens (including phenoxy) is 2. The number of fused-ring (bicyclic) bond motifs is 7. The Bertz CT molecular complexity index is 1150. The van der Waals surface area contributed by atoms with Crippen LogP contribution in [0, 0.1) is 56.7 Å². The van der Waals surface area contributed by atoms with Gasteiger partial charge in [0.05, 0.1) is 13.0 Å². The number of carbonyl (C=O) groups is 3. The molecule has 242 valence electrons. The van der Waals surface area contributed by atoms with Gasteiger partial charge in [-0.25, -0.2) is 5.84 Å². The summed E-state index contributed by atoms with van der Waals surface area (Å²) in [6, 6.07) is 0. The van der Waals surface area contributed by atoms with Gasteiger partial charge in [0.15, 0.2) is 0 Å². The molecule has 0 radical (unpaired) electrons. The molecule has 7 nitrogen and oxygen atoms in total. The largest absolute Gasteiger partial charge is 0.465 e. The molecule has 5 fully saturated rings. The highest BCUT2D eigenvalue weighted by Gasteiger charge is 2.71. The summed E-state index contributed by atoms with van der Waals surface area (Å²) in [6.45, 7) is 21.2. The van der Waals surface area contributed by atoms with Gasteiger partial charge >= 0.3 is 11.9 Å². The molecule has 0 spiro atoms. The first-order valence-electron chi connectivity index (χ1n) is 17.0. The van der Waals surface area contributed by atoms with Crippen LogP contribution in [0.3, 0.4) is 0 Å². The number of esters is 2. The number of nitrogens with two attached hydrogens (primary N) is 1. The van der Waals surface area contributed by atoms with E-state index >= 15 is 0 Å². The van der Waals surface area contributed by atoms with Crippen LogP contribution in [0.2, 0.25) is 0 Å². The zero-order chi connectivity index (χ0) is 31.6. The molecule has 5 saturated carbocycles. The minimum atomic E-state index is -0.346. The van der Waals surface area contributed by atoms with E-state index in [1.54, 1.807) is 6.92 Å². The molecule has 5 rings (SSSR count). The Kier molecular flexibility index (Phi) is 8.44. The lowest BCUT2D eigenvalue weighted by molar-refractivity contribution is -0.252. The Hall–Kier alpha value is -1.89. The van der Waals surface area contributed by atoms with Crippen molar-refractivity contribution in [2.75, 3.05) is 6.61 Å². The number of carbonyl (C=O) groups excluding carboxylic acids is 3. The maximum absolute atomic E-state index is 12.7. The van der Waals surface area contributed by atoms with Gasteiger partial charge in [-0.05, 0) is 117 Å². The minimum absolute atomic E-state index is 0.00290. The van der Waals surface area contributed by atoms with Gasteiger partial charge in [-0.3, -0.25) is 19.8 Å². The summed E-state index contributed by atoms with van der Waals surface area (Å²) in [4.78, 5) is 36.3. The van der Waals surface area contributed by atoms with E-state index in [1.807, 2.05) is 0 Å². The topological polar surface area (TPSA) is 108 Å². The molecule has 0 heterocycles. The van der Waals surface area contributed by atoms with Crippen LogP contribution in [-0.4, -0.2) is 30.6 Å². The fourth-order valence-electron chi connectivity index (χ4n) is 12.5. The second-order valence-electron chi connectivity index (χ2n) is 16.7. The molecular formula is C36H58N2O5. The molecule has 0 saturated heterocycles. The summed E-state index contributed by atoms with van der Waals surface area (Å²) in [5.74, 6) is 7.05. The van der Waals surface area contributed by atoms with E-state index < -0.39 is 0 Å². The van der Waals surface area contributed by atoms with Gasteiger partial charge in [0.1, 0.15) is 6.10 Å². The maximum Gasteiger partial charge on any atom is 0.306 e. The van der Waals surface area contributed by atoms with Crippen LogP contribution in [0.1, 0.15) is 126 Å².